The molecule has 6 heteroatoms. The fourth-order valence-corrected chi connectivity index (χ4v) is 1.81. The van der Waals surface area contributed by atoms with E-state index >= 15 is 0 Å². The molecule has 0 unspecified atom stereocenters. The van der Waals surface area contributed by atoms with Gasteiger partial charge in [0.25, 0.3) is 5.91 Å². The molecule has 2 rings (SSSR count). The second kappa shape index (κ2) is 6.56. The molecule has 0 aliphatic rings. The van der Waals surface area contributed by atoms with Crippen LogP contribution in [0, 0.1) is 6.92 Å². The number of anilines is 2. The Morgan fingerprint density at radius 1 is 0.957 bits per heavy atom. The first kappa shape index (κ1) is 16.6. The molecule has 0 bridgehead atoms. The van der Waals surface area contributed by atoms with Crippen molar-refractivity contribution < 1.29 is 18.7 Å². The Hall–Kier alpha value is -2.76. The Morgan fingerprint density at radius 2 is 1.52 bits per heavy atom. The minimum Gasteiger partial charge on any atom is -0.456 e. The number of hydrogen-bond donors (Lipinski definition) is 2. The zero-order chi connectivity index (χ0) is 17.0. The van der Waals surface area contributed by atoms with Crippen molar-refractivity contribution >= 4 is 23.4 Å². The predicted molar refractivity (Wildman–Crippen MR) is 87.7 cm³/mol. The van der Waals surface area contributed by atoms with Crippen LogP contribution >= 0.6 is 0 Å². The normalized spacial score (nSPS) is 11.0. The first-order chi connectivity index (χ1) is 10.7. The molecule has 0 radical (unpaired) electrons. The van der Waals surface area contributed by atoms with Crippen molar-refractivity contribution in [3.05, 3.63) is 47.9 Å². The number of benzene rings is 1. The van der Waals surface area contributed by atoms with Gasteiger partial charge in [-0.2, -0.15) is 0 Å². The number of aryl methyl sites for hydroxylation is 1. The van der Waals surface area contributed by atoms with Crippen LogP contribution in [0.25, 0.3) is 0 Å². The Morgan fingerprint density at radius 3 is 2.00 bits per heavy atom. The fourth-order valence-electron chi connectivity index (χ4n) is 1.81. The minimum atomic E-state index is -0.556. The van der Waals surface area contributed by atoms with Gasteiger partial charge in [0, 0.05) is 11.4 Å². The molecule has 2 amide bonds. The minimum absolute atomic E-state index is 0.249. The number of ether oxygens (including phenoxy) is 1. The number of hydrogen-bond acceptors (Lipinski definition) is 4. The third-order valence-electron chi connectivity index (χ3n) is 2.75. The molecule has 1 aromatic heterocycles. The van der Waals surface area contributed by atoms with Crippen LogP contribution in [0.2, 0.25) is 0 Å². The SMILES string of the molecule is Cc1ccc(C(=O)Nc2ccc(NC(=O)OC(C)(C)C)cc2)o1. The van der Waals surface area contributed by atoms with E-state index in [1.165, 1.54) is 0 Å². The third-order valence-corrected chi connectivity index (χ3v) is 2.75. The van der Waals surface area contributed by atoms with Crippen molar-refractivity contribution in [2.75, 3.05) is 10.6 Å². The van der Waals surface area contributed by atoms with E-state index in [0.29, 0.717) is 17.1 Å². The van der Waals surface area contributed by atoms with Gasteiger partial charge >= 0.3 is 6.09 Å². The predicted octanol–water partition coefficient (Wildman–Crippen LogP) is 4.19. The van der Waals surface area contributed by atoms with Crippen molar-refractivity contribution in [3.63, 3.8) is 0 Å². The van der Waals surface area contributed by atoms with Crippen LogP contribution in [0.5, 0.6) is 0 Å². The maximum Gasteiger partial charge on any atom is 0.412 e. The summed E-state index contributed by atoms with van der Waals surface area (Å²) in [7, 11) is 0. The van der Waals surface area contributed by atoms with Crippen molar-refractivity contribution in [2.45, 2.75) is 33.3 Å². The summed E-state index contributed by atoms with van der Waals surface area (Å²) in [5.74, 6) is 0.594. The summed E-state index contributed by atoms with van der Waals surface area (Å²) in [4.78, 5) is 23.6. The second-order valence-electron chi connectivity index (χ2n) is 6.07. The van der Waals surface area contributed by atoms with E-state index in [-0.39, 0.29) is 11.7 Å². The van der Waals surface area contributed by atoms with Crippen molar-refractivity contribution in [1.29, 1.82) is 0 Å². The van der Waals surface area contributed by atoms with E-state index in [1.54, 1.807) is 64.1 Å². The molecular weight excluding hydrogens is 296 g/mol. The molecule has 1 aromatic carbocycles. The van der Waals surface area contributed by atoms with Gasteiger partial charge in [0.2, 0.25) is 0 Å². The summed E-state index contributed by atoms with van der Waals surface area (Å²) in [6, 6.07) is 10.0. The van der Waals surface area contributed by atoms with Crippen LogP contribution in [0.15, 0.2) is 40.8 Å². The van der Waals surface area contributed by atoms with Gasteiger partial charge in [-0.15, -0.1) is 0 Å². The lowest BCUT2D eigenvalue weighted by Crippen LogP contribution is -2.27. The molecule has 0 atom stereocenters. The molecule has 122 valence electrons. The Bertz CT molecular complexity index is 696. The van der Waals surface area contributed by atoms with E-state index in [1.807, 2.05) is 0 Å². The average molecular weight is 316 g/mol. The van der Waals surface area contributed by atoms with Gasteiger partial charge in [-0.25, -0.2) is 4.79 Å². The van der Waals surface area contributed by atoms with Gasteiger partial charge in [-0.05, 0) is 64.1 Å². The molecule has 0 saturated carbocycles. The lowest BCUT2D eigenvalue weighted by atomic mass is 10.2. The number of carbonyl (C=O) groups excluding carboxylic acids is 2. The highest BCUT2D eigenvalue weighted by Gasteiger charge is 2.16. The maximum absolute atomic E-state index is 12.0. The Balaban J connectivity index is 1.94. The molecular formula is C17H20N2O4. The van der Waals surface area contributed by atoms with E-state index in [2.05, 4.69) is 10.6 Å². The van der Waals surface area contributed by atoms with Gasteiger partial charge in [0.1, 0.15) is 11.4 Å². The fraction of sp³-hybridized carbons (Fsp3) is 0.294. The third kappa shape index (κ3) is 5.18. The monoisotopic (exact) mass is 316 g/mol. The maximum atomic E-state index is 12.0. The van der Waals surface area contributed by atoms with Crippen LogP contribution in [-0.4, -0.2) is 17.6 Å². The molecule has 1 heterocycles. The first-order valence-corrected chi connectivity index (χ1v) is 7.21. The summed E-state index contributed by atoms with van der Waals surface area (Å²) in [5.41, 5.74) is 0.615. The lowest BCUT2D eigenvalue weighted by Gasteiger charge is -2.19. The molecule has 0 saturated heterocycles. The average Bonchev–Trinajstić information content (AvgIpc) is 2.85. The van der Waals surface area contributed by atoms with Crippen LogP contribution in [0.4, 0.5) is 16.2 Å². The molecule has 2 aromatic rings. The summed E-state index contributed by atoms with van der Waals surface area (Å²) in [6.07, 6.45) is -0.527. The second-order valence-corrected chi connectivity index (χ2v) is 6.07. The highest BCUT2D eigenvalue weighted by atomic mass is 16.6. The molecule has 0 aliphatic carbocycles. The zero-order valence-electron chi connectivity index (χ0n) is 13.6. The molecule has 0 fully saturated rings. The number of nitrogens with one attached hydrogen (secondary N) is 2. The van der Waals surface area contributed by atoms with E-state index < -0.39 is 11.7 Å². The molecule has 0 aliphatic heterocycles. The number of rotatable bonds is 3. The smallest absolute Gasteiger partial charge is 0.412 e. The highest BCUT2D eigenvalue weighted by molar-refractivity contribution is 6.02. The number of amides is 2. The van der Waals surface area contributed by atoms with Gasteiger partial charge in [0.05, 0.1) is 0 Å². The quantitative estimate of drug-likeness (QED) is 0.889. The van der Waals surface area contributed by atoms with Gasteiger partial charge in [0.15, 0.2) is 5.76 Å². The summed E-state index contributed by atoms with van der Waals surface area (Å²) < 4.78 is 10.4. The van der Waals surface area contributed by atoms with Gasteiger partial charge in [-0.3, -0.25) is 10.1 Å². The largest absolute Gasteiger partial charge is 0.456 e. The first-order valence-electron chi connectivity index (χ1n) is 7.21. The van der Waals surface area contributed by atoms with Gasteiger partial charge < -0.3 is 14.5 Å². The standard InChI is InChI=1S/C17H20N2O4/c1-11-5-10-14(22-11)15(20)18-12-6-8-13(9-7-12)19-16(21)23-17(2,3)4/h5-10H,1-4H3,(H,18,20)(H,19,21). The highest BCUT2D eigenvalue weighted by Crippen LogP contribution is 2.17. The van der Waals surface area contributed by atoms with E-state index in [9.17, 15) is 9.59 Å². The molecule has 23 heavy (non-hydrogen) atoms. The Kier molecular flexibility index (Phi) is 4.74. The van der Waals surface area contributed by atoms with Crippen LogP contribution in [-0.2, 0) is 4.74 Å². The summed E-state index contributed by atoms with van der Waals surface area (Å²) in [6.45, 7) is 7.15. The van der Waals surface area contributed by atoms with Crippen molar-refractivity contribution in [2.24, 2.45) is 0 Å². The van der Waals surface area contributed by atoms with E-state index in [4.69, 9.17) is 9.15 Å². The van der Waals surface area contributed by atoms with Crippen molar-refractivity contribution in [1.82, 2.24) is 0 Å². The number of furan rings is 1. The molecule has 6 nitrogen and oxygen atoms in total. The topological polar surface area (TPSA) is 80.6 Å². The number of carbonyl (C=O) groups is 2. The summed E-state index contributed by atoms with van der Waals surface area (Å²) in [5, 5.41) is 5.34. The van der Waals surface area contributed by atoms with E-state index in [0.717, 1.165) is 0 Å². The molecule has 2 N–H and O–H groups in total. The van der Waals surface area contributed by atoms with Gasteiger partial charge in [-0.1, -0.05) is 0 Å². The molecule has 0 spiro atoms. The Labute approximate surface area is 134 Å². The van der Waals surface area contributed by atoms with Crippen LogP contribution in [0.1, 0.15) is 37.1 Å². The zero-order valence-corrected chi connectivity index (χ0v) is 13.6. The van der Waals surface area contributed by atoms with Crippen LogP contribution < -0.4 is 10.6 Å². The lowest BCUT2D eigenvalue weighted by molar-refractivity contribution is 0.0635. The summed E-state index contributed by atoms with van der Waals surface area (Å²) >= 11 is 0. The van der Waals surface area contributed by atoms with Crippen molar-refractivity contribution in [3.8, 4) is 0 Å². The van der Waals surface area contributed by atoms with Crippen LogP contribution in [0.3, 0.4) is 0 Å².